The molecule has 0 aliphatic carbocycles. The Kier molecular flexibility index (Phi) is 4.45. The highest BCUT2D eigenvalue weighted by Gasteiger charge is 2.06. The minimum absolute atomic E-state index is 0.740. The second-order valence-corrected chi connectivity index (χ2v) is 4.68. The van der Waals surface area contributed by atoms with E-state index in [-0.39, 0.29) is 0 Å². The van der Waals surface area contributed by atoms with Crippen LogP contribution in [0.15, 0.2) is 30.3 Å². The van der Waals surface area contributed by atoms with Crippen molar-refractivity contribution in [1.29, 1.82) is 0 Å². The van der Waals surface area contributed by atoms with E-state index in [4.69, 9.17) is 15.2 Å². The van der Waals surface area contributed by atoms with Crippen molar-refractivity contribution in [2.75, 3.05) is 20.0 Å². The van der Waals surface area contributed by atoms with E-state index in [2.05, 4.69) is 4.98 Å². The van der Waals surface area contributed by atoms with Crippen LogP contribution in [0.2, 0.25) is 0 Å². The molecule has 0 aliphatic heterocycles. The first kappa shape index (κ1) is 14.2. The van der Waals surface area contributed by atoms with Gasteiger partial charge < -0.3 is 15.2 Å². The van der Waals surface area contributed by atoms with E-state index in [9.17, 15) is 0 Å². The number of pyridine rings is 1. The molecule has 1 aromatic heterocycles. The van der Waals surface area contributed by atoms with Gasteiger partial charge in [0.05, 0.1) is 25.6 Å². The van der Waals surface area contributed by atoms with Gasteiger partial charge >= 0.3 is 0 Å². The number of hydrogen-bond acceptors (Lipinski definition) is 4. The number of aryl methyl sites for hydroxylation is 3. The molecule has 2 aromatic rings. The molecule has 4 nitrogen and oxygen atoms in total. The minimum Gasteiger partial charge on any atom is -0.493 e. The van der Waals surface area contributed by atoms with Crippen LogP contribution in [0, 0.1) is 6.92 Å². The summed E-state index contributed by atoms with van der Waals surface area (Å²) in [7, 11) is 3.27. The maximum Gasteiger partial charge on any atom is 0.160 e. The second-order valence-electron chi connectivity index (χ2n) is 4.68. The van der Waals surface area contributed by atoms with E-state index < -0.39 is 0 Å². The van der Waals surface area contributed by atoms with E-state index in [1.54, 1.807) is 14.2 Å². The first-order valence-corrected chi connectivity index (χ1v) is 6.57. The Morgan fingerprint density at radius 1 is 1.00 bits per heavy atom. The number of ether oxygens (including phenoxy) is 2. The third-order valence-electron chi connectivity index (χ3n) is 3.25. The molecule has 1 heterocycles. The quantitative estimate of drug-likeness (QED) is 0.909. The van der Waals surface area contributed by atoms with Gasteiger partial charge in [-0.05, 0) is 49.6 Å². The van der Waals surface area contributed by atoms with E-state index >= 15 is 0 Å². The van der Waals surface area contributed by atoms with Crippen molar-refractivity contribution in [1.82, 2.24) is 4.98 Å². The zero-order valence-electron chi connectivity index (χ0n) is 12.1. The molecule has 0 radical (unpaired) electrons. The largest absolute Gasteiger partial charge is 0.493 e. The minimum atomic E-state index is 0.740. The van der Waals surface area contributed by atoms with Crippen LogP contribution in [0.3, 0.4) is 0 Å². The van der Waals surface area contributed by atoms with Gasteiger partial charge in [0.15, 0.2) is 11.5 Å². The highest BCUT2D eigenvalue weighted by Crippen LogP contribution is 2.28. The summed E-state index contributed by atoms with van der Waals surface area (Å²) in [5.74, 6) is 1.49. The van der Waals surface area contributed by atoms with Crippen molar-refractivity contribution in [3.63, 3.8) is 0 Å². The molecule has 0 amide bonds. The van der Waals surface area contributed by atoms with Crippen molar-refractivity contribution in [3.8, 4) is 11.5 Å². The molecule has 1 aromatic carbocycles. The van der Waals surface area contributed by atoms with Crippen molar-refractivity contribution >= 4 is 5.69 Å². The van der Waals surface area contributed by atoms with Crippen LogP contribution in [-0.2, 0) is 12.8 Å². The smallest absolute Gasteiger partial charge is 0.160 e. The number of nitrogen functional groups attached to an aromatic ring is 1. The average Bonchev–Trinajstić information content (AvgIpc) is 2.47. The Morgan fingerprint density at radius 3 is 2.45 bits per heavy atom. The SMILES string of the molecule is COc1ccc(CCc2nc(C)ccc2N)cc1OC. The lowest BCUT2D eigenvalue weighted by Gasteiger charge is -2.10. The molecule has 2 rings (SSSR count). The molecule has 0 saturated heterocycles. The molecule has 2 N–H and O–H groups in total. The van der Waals surface area contributed by atoms with Crippen molar-refractivity contribution in [3.05, 3.63) is 47.3 Å². The van der Waals surface area contributed by atoms with Crippen molar-refractivity contribution < 1.29 is 9.47 Å². The topological polar surface area (TPSA) is 57.4 Å². The van der Waals surface area contributed by atoms with E-state index in [1.165, 1.54) is 5.56 Å². The third-order valence-corrected chi connectivity index (χ3v) is 3.25. The fourth-order valence-electron chi connectivity index (χ4n) is 2.12. The highest BCUT2D eigenvalue weighted by atomic mass is 16.5. The highest BCUT2D eigenvalue weighted by molar-refractivity contribution is 5.45. The van der Waals surface area contributed by atoms with Gasteiger partial charge in [0.2, 0.25) is 0 Å². The number of methoxy groups -OCH3 is 2. The summed E-state index contributed by atoms with van der Waals surface area (Å²) in [4.78, 5) is 4.48. The Bertz CT molecular complexity index is 597. The van der Waals surface area contributed by atoms with Gasteiger partial charge in [-0.15, -0.1) is 0 Å². The first-order valence-electron chi connectivity index (χ1n) is 6.57. The normalized spacial score (nSPS) is 10.3. The molecule has 0 unspecified atom stereocenters. The van der Waals surface area contributed by atoms with E-state index in [0.29, 0.717) is 0 Å². The standard InChI is InChI=1S/C16H20N2O2/c1-11-4-7-13(17)14(18-11)8-5-12-6-9-15(19-2)16(10-12)20-3/h4,6-7,9-10H,5,8,17H2,1-3H3. The molecule has 0 fully saturated rings. The Morgan fingerprint density at radius 2 is 1.75 bits per heavy atom. The predicted octanol–water partition coefficient (Wildman–Crippen LogP) is 2.77. The Labute approximate surface area is 119 Å². The summed E-state index contributed by atoms with van der Waals surface area (Å²) in [6, 6.07) is 9.78. The zero-order valence-corrected chi connectivity index (χ0v) is 12.1. The fraction of sp³-hybridized carbons (Fsp3) is 0.312. The summed E-state index contributed by atoms with van der Waals surface area (Å²) in [6.45, 7) is 1.97. The second kappa shape index (κ2) is 6.28. The molecule has 0 spiro atoms. The number of rotatable bonds is 5. The van der Waals surface area contributed by atoms with Gasteiger partial charge in [0.25, 0.3) is 0 Å². The predicted molar refractivity (Wildman–Crippen MR) is 80.3 cm³/mol. The first-order chi connectivity index (χ1) is 9.63. The van der Waals surface area contributed by atoms with Gasteiger partial charge in [0.1, 0.15) is 0 Å². The van der Waals surface area contributed by atoms with E-state index in [0.717, 1.165) is 41.4 Å². The van der Waals surface area contributed by atoms with Crippen molar-refractivity contribution in [2.45, 2.75) is 19.8 Å². The zero-order chi connectivity index (χ0) is 14.5. The van der Waals surface area contributed by atoms with Crippen LogP contribution in [0.1, 0.15) is 17.0 Å². The Hall–Kier alpha value is -2.23. The Balaban J connectivity index is 2.12. The van der Waals surface area contributed by atoms with Crippen LogP contribution < -0.4 is 15.2 Å². The molecule has 4 heteroatoms. The monoisotopic (exact) mass is 272 g/mol. The molecular weight excluding hydrogens is 252 g/mol. The summed E-state index contributed by atoms with van der Waals surface area (Å²) in [5.41, 5.74) is 9.80. The summed E-state index contributed by atoms with van der Waals surface area (Å²) in [5, 5.41) is 0. The summed E-state index contributed by atoms with van der Waals surface area (Å²) in [6.07, 6.45) is 1.67. The summed E-state index contributed by atoms with van der Waals surface area (Å²) >= 11 is 0. The molecule has 106 valence electrons. The summed E-state index contributed by atoms with van der Waals surface area (Å²) < 4.78 is 10.5. The number of aromatic nitrogens is 1. The van der Waals surface area contributed by atoms with Crippen LogP contribution in [-0.4, -0.2) is 19.2 Å². The lowest BCUT2D eigenvalue weighted by atomic mass is 10.1. The molecule has 0 saturated carbocycles. The third kappa shape index (κ3) is 3.20. The number of nitrogens with zero attached hydrogens (tertiary/aromatic N) is 1. The van der Waals surface area contributed by atoms with Gasteiger partial charge in [-0.3, -0.25) is 4.98 Å². The van der Waals surface area contributed by atoms with Crippen molar-refractivity contribution in [2.24, 2.45) is 0 Å². The lowest BCUT2D eigenvalue weighted by molar-refractivity contribution is 0.354. The number of anilines is 1. The van der Waals surface area contributed by atoms with E-state index in [1.807, 2.05) is 37.3 Å². The molecule has 0 atom stereocenters. The molecular formula is C16H20N2O2. The van der Waals surface area contributed by atoms with Gasteiger partial charge in [-0.1, -0.05) is 6.07 Å². The van der Waals surface area contributed by atoms with Crippen LogP contribution in [0.5, 0.6) is 11.5 Å². The van der Waals surface area contributed by atoms with Crippen LogP contribution >= 0.6 is 0 Å². The van der Waals surface area contributed by atoms with Crippen LogP contribution in [0.25, 0.3) is 0 Å². The van der Waals surface area contributed by atoms with Gasteiger partial charge in [-0.2, -0.15) is 0 Å². The maximum absolute atomic E-state index is 5.95. The average molecular weight is 272 g/mol. The number of hydrogen-bond donors (Lipinski definition) is 1. The number of nitrogens with two attached hydrogens (primary N) is 1. The van der Waals surface area contributed by atoms with Crippen LogP contribution in [0.4, 0.5) is 5.69 Å². The number of benzene rings is 1. The lowest BCUT2D eigenvalue weighted by Crippen LogP contribution is -2.02. The molecule has 20 heavy (non-hydrogen) atoms. The van der Waals surface area contributed by atoms with Gasteiger partial charge in [0, 0.05) is 5.69 Å². The fourth-order valence-corrected chi connectivity index (χ4v) is 2.12. The molecule has 0 bridgehead atoms. The van der Waals surface area contributed by atoms with Gasteiger partial charge in [-0.25, -0.2) is 0 Å². The molecule has 0 aliphatic rings. The maximum atomic E-state index is 5.95.